The average Bonchev–Trinajstić information content (AvgIpc) is 3.12. The van der Waals surface area contributed by atoms with Crippen molar-refractivity contribution >= 4 is 0 Å². The van der Waals surface area contributed by atoms with Crippen LogP contribution in [0.25, 0.3) is 0 Å². The van der Waals surface area contributed by atoms with Crippen LogP contribution in [0.5, 0.6) is 0 Å². The topological polar surface area (TPSA) is 15.3 Å². The Bertz CT molecular complexity index is 223. The number of nitrogens with zero attached hydrogens (tertiary/aromatic N) is 1. The minimum atomic E-state index is 0.698. The Balaban J connectivity index is 1.58. The van der Waals surface area contributed by atoms with E-state index in [2.05, 4.69) is 31.1 Å². The van der Waals surface area contributed by atoms with Crippen LogP contribution in [0.4, 0.5) is 0 Å². The van der Waals surface area contributed by atoms with Gasteiger partial charge in [-0.25, -0.2) is 0 Å². The average molecular weight is 238 g/mol. The Morgan fingerprint density at radius 3 is 2.65 bits per heavy atom. The first kappa shape index (κ1) is 13.4. The monoisotopic (exact) mass is 238 g/mol. The molecule has 0 amide bonds. The van der Waals surface area contributed by atoms with Gasteiger partial charge in [-0.3, -0.25) is 4.90 Å². The van der Waals surface area contributed by atoms with E-state index in [1.165, 1.54) is 45.1 Å². The summed E-state index contributed by atoms with van der Waals surface area (Å²) < 4.78 is 0. The summed E-state index contributed by atoms with van der Waals surface area (Å²) in [6, 6.07) is 1.59. The lowest BCUT2D eigenvalue weighted by atomic mass is 9.82. The Labute approximate surface area is 107 Å². The molecule has 0 radical (unpaired) electrons. The number of hydrogen-bond acceptors (Lipinski definition) is 2. The molecule has 2 saturated carbocycles. The SMILES string of the molecule is CC1CCCC(CNCC(C)N(C)C2CC2)C1. The highest BCUT2D eigenvalue weighted by Gasteiger charge is 2.29. The molecule has 100 valence electrons. The van der Waals surface area contributed by atoms with E-state index < -0.39 is 0 Å². The van der Waals surface area contributed by atoms with Gasteiger partial charge in [-0.1, -0.05) is 19.8 Å². The van der Waals surface area contributed by atoms with E-state index in [4.69, 9.17) is 0 Å². The molecule has 0 heterocycles. The highest BCUT2D eigenvalue weighted by atomic mass is 15.2. The van der Waals surface area contributed by atoms with Crippen LogP contribution in [0.15, 0.2) is 0 Å². The van der Waals surface area contributed by atoms with Gasteiger partial charge >= 0.3 is 0 Å². The summed E-state index contributed by atoms with van der Waals surface area (Å²) in [5.74, 6) is 1.90. The molecule has 0 aliphatic heterocycles. The summed E-state index contributed by atoms with van der Waals surface area (Å²) in [5, 5.41) is 3.70. The smallest absolute Gasteiger partial charge is 0.0192 e. The van der Waals surface area contributed by atoms with Crippen molar-refractivity contribution in [1.82, 2.24) is 10.2 Å². The fraction of sp³-hybridized carbons (Fsp3) is 1.00. The quantitative estimate of drug-likeness (QED) is 0.765. The zero-order chi connectivity index (χ0) is 12.3. The van der Waals surface area contributed by atoms with Crippen molar-refractivity contribution in [2.75, 3.05) is 20.1 Å². The Hall–Kier alpha value is -0.0800. The van der Waals surface area contributed by atoms with Crippen molar-refractivity contribution in [1.29, 1.82) is 0 Å². The van der Waals surface area contributed by atoms with E-state index in [-0.39, 0.29) is 0 Å². The van der Waals surface area contributed by atoms with E-state index in [0.29, 0.717) is 6.04 Å². The van der Waals surface area contributed by atoms with Gasteiger partial charge in [-0.2, -0.15) is 0 Å². The molecule has 0 bridgehead atoms. The summed E-state index contributed by atoms with van der Waals surface area (Å²) in [6.07, 6.45) is 8.63. The second kappa shape index (κ2) is 6.19. The number of rotatable bonds is 6. The first-order valence-corrected chi connectivity index (χ1v) is 7.59. The van der Waals surface area contributed by atoms with Crippen molar-refractivity contribution in [3.8, 4) is 0 Å². The molecule has 2 aliphatic carbocycles. The minimum Gasteiger partial charge on any atom is -0.315 e. The Kier molecular flexibility index (Phi) is 4.87. The molecule has 2 rings (SSSR count). The van der Waals surface area contributed by atoms with Crippen molar-refractivity contribution in [2.24, 2.45) is 11.8 Å². The van der Waals surface area contributed by atoms with Gasteiger partial charge in [-0.05, 0) is 58.0 Å². The molecule has 0 saturated heterocycles. The molecule has 2 fully saturated rings. The summed E-state index contributed by atoms with van der Waals surface area (Å²) >= 11 is 0. The lowest BCUT2D eigenvalue weighted by Gasteiger charge is -2.29. The van der Waals surface area contributed by atoms with Crippen molar-refractivity contribution < 1.29 is 0 Å². The lowest BCUT2D eigenvalue weighted by molar-refractivity contribution is 0.227. The largest absolute Gasteiger partial charge is 0.315 e. The number of nitrogens with one attached hydrogen (secondary N) is 1. The standard InChI is InChI=1S/C15H30N2/c1-12-5-4-6-14(9-12)11-16-10-13(2)17(3)15-7-8-15/h12-16H,4-11H2,1-3H3. The predicted octanol–water partition coefficient (Wildman–Crippen LogP) is 2.89. The van der Waals surface area contributed by atoms with Gasteiger partial charge in [0.1, 0.15) is 0 Å². The Morgan fingerprint density at radius 2 is 2.00 bits per heavy atom. The molecule has 2 nitrogen and oxygen atoms in total. The van der Waals surface area contributed by atoms with Crippen molar-refractivity contribution in [3.05, 3.63) is 0 Å². The summed E-state index contributed by atoms with van der Waals surface area (Å²) in [5.41, 5.74) is 0. The van der Waals surface area contributed by atoms with Gasteiger partial charge in [0.15, 0.2) is 0 Å². The van der Waals surface area contributed by atoms with Gasteiger partial charge in [-0.15, -0.1) is 0 Å². The zero-order valence-corrected chi connectivity index (χ0v) is 11.9. The third kappa shape index (κ3) is 4.26. The molecule has 1 N–H and O–H groups in total. The van der Waals surface area contributed by atoms with E-state index in [1.807, 2.05) is 0 Å². The van der Waals surface area contributed by atoms with Gasteiger partial charge < -0.3 is 5.32 Å². The van der Waals surface area contributed by atoms with Crippen molar-refractivity contribution in [2.45, 2.75) is 64.5 Å². The highest BCUT2D eigenvalue weighted by Crippen LogP contribution is 2.28. The van der Waals surface area contributed by atoms with Crippen LogP contribution in [0.1, 0.15) is 52.4 Å². The van der Waals surface area contributed by atoms with E-state index >= 15 is 0 Å². The second-order valence-electron chi connectivity index (χ2n) is 6.54. The first-order chi connectivity index (χ1) is 8.16. The maximum atomic E-state index is 3.70. The fourth-order valence-corrected chi connectivity index (χ4v) is 3.23. The highest BCUT2D eigenvalue weighted by molar-refractivity contribution is 4.86. The molecule has 3 atom stereocenters. The molecule has 0 spiro atoms. The normalized spacial score (nSPS) is 31.8. The minimum absolute atomic E-state index is 0.698. The molecule has 0 aromatic heterocycles. The molecule has 0 aromatic carbocycles. The maximum absolute atomic E-state index is 3.70. The number of likely N-dealkylation sites (N-methyl/N-ethyl adjacent to an activating group) is 1. The van der Waals surface area contributed by atoms with Gasteiger partial charge in [0.25, 0.3) is 0 Å². The van der Waals surface area contributed by atoms with Gasteiger partial charge in [0.05, 0.1) is 0 Å². The molecule has 2 heteroatoms. The molecular formula is C15H30N2. The second-order valence-corrected chi connectivity index (χ2v) is 6.54. The summed E-state index contributed by atoms with van der Waals surface area (Å²) in [7, 11) is 2.28. The lowest BCUT2D eigenvalue weighted by Crippen LogP contribution is -2.40. The summed E-state index contributed by atoms with van der Waals surface area (Å²) in [6.45, 7) is 7.18. The molecule has 0 aromatic rings. The third-order valence-corrected chi connectivity index (χ3v) is 4.74. The first-order valence-electron chi connectivity index (χ1n) is 7.59. The van der Waals surface area contributed by atoms with Crippen LogP contribution < -0.4 is 5.32 Å². The van der Waals surface area contributed by atoms with Gasteiger partial charge in [0, 0.05) is 18.6 Å². The van der Waals surface area contributed by atoms with E-state index in [1.54, 1.807) is 0 Å². The Morgan fingerprint density at radius 1 is 1.24 bits per heavy atom. The maximum Gasteiger partial charge on any atom is 0.0192 e. The molecule has 2 aliphatic rings. The van der Waals surface area contributed by atoms with Crippen LogP contribution in [0, 0.1) is 11.8 Å². The zero-order valence-electron chi connectivity index (χ0n) is 11.9. The third-order valence-electron chi connectivity index (χ3n) is 4.74. The van der Waals surface area contributed by atoms with Crippen LogP contribution in [-0.2, 0) is 0 Å². The predicted molar refractivity (Wildman–Crippen MR) is 74.2 cm³/mol. The van der Waals surface area contributed by atoms with Crippen molar-refractivity contribution in [3.63, 3.8) is 0 Å². The van der Waals surface area contributed by atoms with Crippen LogP contribution in [0.3, 0.4) is 0 Å². The summed E-state index contributed by atoms with van der Waals surface area (Å²) in [4.78, 5) is 2.55. The molecular weight excluding hydrogens is 208 g/mol. The van der Waals surface area contributed by atoms with E-state index in [9.17, 15) is 0 Å². The van der Waals surface area contributed by atoms with Gasteiger partial charge in [0.2, 0.25) is 0 Å². The van der Waals surface area contributed by atoms with Crippen LogP contribution in [-0.4, -0.2) is 37.1 Å². The molecule has 3 unspecified atom stereocenters. The van der Waals surface area contributed by atoms with Crippen LogP contribution >= 0.6 is 0 Å². The fourth-order valence-electron chi connectivity index (χ4n) is 3.23. The number of hydrogen-bond donors (Lipinski definition) is 1. The van der Waals surface area contributed by atoms with E-state index in [0.717, 1.165) is 24.4 Å². The van der Waals surface area contributed by atoms with Crippen LogP contribution in [0.2, 0.25) is 0 Å². The molecule has 17 heavy (non-hydrogen) atoms.